The Labute approximate surface area is 133 Å². The molecule has 0 saturated carbocycles. The van der Waals surface area contributed by atoms with E-state index < -0.39 is 0 Å². The molecule has 0 aliphatic carbocycles. The van der Waals surface area contributed by atoms with Crippen molar-refractivity contribution in [2.75, 3.05) is 19.8 Å². The smallest absolute Gasteiger partial charge is 0.269 e. The van der Waals surface area contributed by atoms with Crippen molar-refractivity contribution in [2.24, 2.45) is 0 Å². The average Bonchev–Trinajstić information content (AvgIpc) is 2.59. The van der Waals surface area contributed by atoms with Gasteiger partial charge in [-0.1, -0.05) is 12.1 Å². The van der Waals surface area contributed by atoms with E-state index in [9.17, 15) is 10.1 Å². The molecular formula is C17H16N2O4. The number of benzene rings is 2. The van der Waals surface area contributed by atoms with Crippen LogP contribution in [0.2, 0.25) is 0 Å². The number of non-ortho nitro benzene ring substituents is 1. The molecule has 2 heterocycles. The van der Waals surface area contributed by atoms with Crippen LogP contribution in [0.25, 0.3) is 0 Å². The zero-order chi connectivity index (χ0) is 15.8. The molecular weight excluding hydrogens is 296 g/mol. The van der Waals surface area contributed by atoms with E-state index >= 15 is 0 Å². The van der Waals surface area contributed by atoms with Crippen LogP contribution in [0.1, 0.15) is 22.7 Å². The van der Waals surface area contributed by atoms with E-state index in [4.69, 9.17) is 9.47 Å². The van der Waals surface area contributed by atoms with Crippen LogP contribution in [0.4, 0.5) is 5.69 Å². The summed E-state index contributed by atoms with van der Waals surface area (Å²) in [6.07, 6.45) is 0.900. The van der Waals surface area contributed by atoms with Crippen LogP contribution in [0, 0.1) is 10.1 Å². The van der Waals surface area contributed by atoms with Crippen molar-refractivity contribution in [1.29, 1.82) is 0 Å². The van der Waals surface area contributed by atoms with Gasteiger partial charge >= 0.3 is 0 Å². The zero-order valence-electron chi connectivity index (χ0n) is 12.5. The Morgan fingerprint density at radius 1 is 1.13 bits per heavy atom. The molecule has 0 spiro atoms. The molecule has 23 heavy (non-hydrogen) atoms. The third kappa shape index (κ3) is 2.51. The fourth-order valence-corrected chi connectivity index (χ4v) is 3.21. The van der Waals surface area contributed by atoms with E-state index in [-0.39, 0.29) is 16.7 Å². The first kappa shape index (κ1) is 14.0. The van der Waals surface area contributed by atoms with Gasteiger partial charge in [0, 0.05) is 18.7 Å². The Morgan fingerprint density at radius 3 is 2.70 bits per heavy atom. The number of nitrogens with zero attached hydrogens (tertiary/aromatic N) is 1. The molecule has 0 aromatic heterocycles. The van der Waals surface area contributed by atoms with Crippen molar-refractivity contribution < 1.29 is 14.4 Å². The quantitative estimate of drug-likeness (QED) is 0.681. The topological polar surface area (TPSA) is 73.6 Å². The molecule has 118 valence electrons. The van der Waals surface area contributed by atoms with E-state index in [1.54, 1.807) is 12.1 Å². The van der Waals surface area contributed by atoms with Crippen molar-refractivity contribution in [2.45, 2.75) is 12.5 Å². The minimum Gasteiger partial charge on any atom is -0.486 e. The predicted octanol–water partition coefficient (Wildman–Crippen LogP) is 2.60. The summed E-state index contributed by atoms with van der Waals surface area (Å²) in [5.74, 6) is 1.53. The number of hydrogen-bond donors (Lipinski definition) is 1. The van der Waals surface area contributed by atoms with Crippen LogP contribution < -0.4 is 14.8 Å². The Kier molecular flexibility index (Phi) is 3.38. The van der Waals surface area contributed by atoms with Crippen LogP contribution in [-0.4, -0.2) is 24.7 Å². The van der Waals surface area contributed by atoms with Gasteiger partial charge in [-0.2, -0.15) is 0 Å². The van der Waals surface area contributed by atoms with E-state index in [0.717, 1.165) is 35.6 Å². The number of nitro groups is 1. The Morgan fingerprint density at radius 2 is 1.91 bits per heavy atom. The van der Waals surface area contributed by atoms with Gasteiger partial charge in [0.15, 0.2) is 11.5 Å². The Balaban J connectivity index is 1.78. The van der Waals surface area contributed by atoms with Gasteiger partial charge in [-0.05, 0) is 35.2 Å². The van der Waals surface area contributed by atoms with E-state index in [1.807, 2.05) is 18.2 Å². The van der Waals surface area contributed by atoms with E-state index in [2.05, 4.69) is 5.32 Å². The molecule has 2 aromatic carbocycles. The number of rotatable bonds is 2. The molecule has 2 aromatic rings. The lowest BCUT2D eigenvalue weighted by Crippen LogP contribution is -2.31. The lowest BCUT2D eigenvalue weighted by molar-refractivity contribution is -0.384. The van der Waals surface area contributed by atoms with Crippen LogP contribution in [0.3, 0.4) is 0 Å². The second-order valence-electron chi connectivity index (χ2n) is 5.68. The third-order valence-electron chi connectivity index (χ3n) is 4.27. The summed E-state index contributed by atoms with van der Waals surface area (Å²) in [5, 5.41) is 14.5. The summed E-state index contributed by atoms with van der Waals surface area (Å²) in [6, 6.07) is 10.7. The maximum absolute atomic E-state index is 11.0. The second-order valence-corrected chi connectivity index (χ2v) is 5.68. The minimum absolute atomic E-state index is 0.0746. The van der Waals surface area contributed by atoms with Crippen LogP contribution in [0.5, 0.6) is 11.5 Å². The van der Waals surface area contributed by atoms with Crippen molar-refractivity contribution in [3.05, 3.63) is 63.2 Å². The van der Waals surface area contributed by atoms with Gasteiger partial charge in [0.25, 0.3) is 5.69 Å². The molecule has 4 rings (SSSR count). The van der Waals surface area contributed by atoms with Crippen LogP contribution in [0.15, 0.2) is 36.4 Å². The number of ether oxygens (including phenoxy) is 2. The summed E-state index contributed by atoms with van der Waals surface area (Å²) < 4.78 is 11.3. The molecule has 6 nitrogen and oxygen atoms in total. The molecule has 1 atom stereocenters. The summed E-state index contributed by atoms with van der Waals surface area (Å²) >= 11 is 0. The summed E-state index contributed by atoms with van der Waals surface area (Å²) in [4.78, 5) is 10.7. The number of hydrogen-bond acceptors (Lipinski definition) is 5. The molecule has 0 saturated heterocycles. The average molecular weight is 312 g/mol. The van der Waals surface area contributed by atoms with Crippen LogP contribution in [-0.2, 0) is 6.42 Å². The summed E-state index contributed by atoms with van der Waals surface area (Å²) in [6.45, 7) is 1.93. The second kappa shape index (κ2) is 5.55. The highest BCUT2D eigenvalue weighted by Gasteiger charge is 2.26. The molecule has 1 N–H and O–H groups in total. The van der Waals surface area contributed by atoms with Gasteiger partial charge in [-0.25, -0.2) is 0 Å². The van der Waals surface area contributed by atoms with Gasteiger partial charge in [0.2, 0.25) is 0 Å². The zero-order valence-corrected chi connectivity index (χ0v) is 12.5. The molecule has 0 amide bonds. The molecule has 0 fully saturated rings. The standard InChI is InChI=1S/C17H16N2O4/c20-19(21)13-3-1-2-12(8-13)17-14-10-16-15(22-6-7-23-16)9-11(14)4-5-18-17/h1-3,8-10,17-18H,4-7H2. The normalized spacial score (nSPS) is 19.0. The largest absolute Gasteiger partial charge is 0.486 e. The Hall–Kier alpha value is -2.60. The van der Waals surface area contributed by atoms with Gasteiger partial charge in [0.1, 0.15) is 13.2 Å². The first-order valence-electron chi connectivity index (χ1n) is 7.62. The predicted molar refractivity (Wildman–Crippen MR) is 84.1 cm³/mol. The van der Waals surface area contributed by atoms with Gasteiger partial charge < -0.3 is 14.8 Å². The number of nitro benzene ring substituents is 1. The Bertz CT molecular complexity index is 775. The number of nitrogens with one attached hydrogen (secondary N) is 1. The third-order valence-corrected chi connectivity index (χ3v) is 4.27. The highest BCUT2D eigenvalue weighted by atomic mass is 16.6. The maximum Gasteiger partial charge on any atom is 0.269 e. The van der Waals surface area contributed by atoms with Crippen molar-refractivity contribution in [1.82, 2.24) is 5.32 Å². The lowest BCUT2D eigenvalue weighted by Gasteiger charge is -2.29. The molecule has 0 radical (unpaired) electrons. The van der Waals surface area contributed by atoms with Gasteiger partial charge in [0.05, 0.1) is 11.0 Å². The van der Waals surface area contributed by atoms with Crippen molar-refractivity contribution in [3.8, 4) is 11.5 Å². The SMILES string of the molecule is O=[N+]([O-])c1cccc(C2NCCc3cc4c(cc32)OCCO4)c1. The molecule has 0 bridgehead atoms. The highest BCUT2D eigenvalue weighted by molar-refractivity contribution is 5.52. The summed E-state index contributed by atoms with van der Waals surface area (Å²) in [5.41, 5.74) is 3.29. The molecule has 2 aliphatic heterocycles. The van der Waals surface area contributed by atoms with Crippen molar-refractivity contribution >= 4 is 5.69 Å². The maximum atomic E-state index is 11.0. The van der Waals surface area contributed by atoms with Crippen LogP contribution >= 0.6 is 0 Å². The summed E-state index contributed by atoms with van der Waals surface area (Å²) in [7, 11) is 0. The van der Waals surface area contributed by atoms with E-state index in [0.29, 0.717) is 13.2 Å². The fourth-order valence-electron chi connectivity index (χ4n) is 3.21. The lowest BCUT2D eigenvalue weighted by atomic mass is 9.89. The molecule has 1 unspecified atom stereocenters. The van der Waals surface area contributed by atoms with Crippen molar-refractivity contribution in [3.63, 3.8) is 0 Å². The van der Waals surface area contributed by atoms with E-state index in [1.165, 1.54) is 11.6 Å². The molecule has 2 aliphatic rings. The first-order valence-corrected chi connectivity index (χ1v) is 7.62. The van der Waals surface area contributed by atoms with Gasteiger partial charge in [-0.3, -0.25) is 10.1 Å². The highest BCUT2D eigenvalue weighted by Crippen LogP contribution is 2.39. The fraction of sp³-hybridized carbons (Fsp3) is 0.294. The minimum atomic E-state index is -0.364. The molecule has 6 heteroatoms. The monoisotopic (exact) mass is 312 g/mol. The first-order chi connectivity index (χ1) is 11.2. The van der Waals surface area contributed by atoms with Gasteiger partial charge in [-0.15, -0.1) is 0 Å². The number of fused-ring (bicyclic) bond motifs is 2.